The number of hydrogen-bond acceptors (Lipinski definition) is 5. The first-order valence-electron chi connectivity index (χ1n) is 8.49. The number of ether oxygens (including phenoxy) is 1. The van der Waals surface area contributed by atoms with E-state index >= 15 is 0 Å². The van der Waals surface area contributed by atoms with Gasteiger partial charge in [-0.25, -0.2) is 4.79 Å². The van der Waals surface area contributed by atoms with E-state index in [1.807, 2.05) is 37.3 Å². The van der Waals surface area contributed by atoms with Crippen LogP contribution in [0.1, 0.15) is 51.7 Å². The molecule has 1 aromatic carbocycles. The van der Waals surface area contributed by atoms with Crippen molar-refractivity contribution in [3.8, 4) is 6.07 Å². The molecule has 27 heavy (non-hydrogen) atoms. The summed E-state index contributed by atoms with van der Waals surface area (Å²) in [6, 6.07) is 9.63. The number of amides is 1. The van der Waals surface area contributed by atoms with Gasteiger partial charge in [0.05, 0.1) is 12.7 Å². The SMILES string of the molecule is COC(=O)c1c(NC(=O)/C(C#N)=C/c2ccc(C(C)C)cc2)sc(C)c1C. The Morgan fingerprint density at radius 3 is 2.37 bits per heavy atom. The number of anilines is 1. The number of benzene rings is 1. The highest BCUT2D eigenvalue weighted by molar-refractivity contribution is 7.16. The molecule has 5 nitrogen and oxygen atoms in total. The van der Waals surface area contributed by atoms with E-state index in [1.54, 1.807) is 6.92 Å². The molecule has 140 valence electrons. The number of nitriles is 1. The molecule has 2 aromatic rings. The summed E-state index contributed by atoms with van der Waals surface area (Å²) in [6.45, 7) is 7.86. The van der Waals surface area contributed by atoms with Crippen LogP contribution in [-0.4, -0.2) is 19.0 Å². The van der Waals surface area contributed by atoms with Crippen molar-refractivity contribution in [3.05, 3.63) is 57.0 Å². The third kappa shape index (κ3) is 4.63. The summed E-state index contributed by atoms with van der Waals surface area (Å²) in [5.41, 5.74) is 2.99. The molecular weight excluding hydrogens is 360 g/mol. The maximum Gasteiger partial charge on any atom is 0.341 e. The molecule has 0 bridgehead atoms. The maximum atomic E-state index is 12.6. The van der Waals surface area contributed by atoms with Gasteiger partial charge in [0.2, 0.25) is 0 Å². The van der Waals surface area contributed by atoms with Gasteiger partial charge in [0.15, 0.2) is 0 Å². The number of thiophene rings is 1. The molecular formula is C21H22N2O3S. The number of carbonyl (C=O) groups excluding carboxylic acids is 2. The molecule has 0 unspecified atom stereocenters. The van der Waals surface area contributed by atoms with Crippen molar-refractivity contribution in [1.29, 1.82) is 5.26 Å². The minimum atomic E-state index is -0.558. The van der Waals surface area contributed by atoms with E-state index in [4.69, 9.17) is 4.74 Å². The van der Waals surface area contributed by atoms with E-state index < -0.39 is 11.9 Å². The van der Waals surface area contributed by atoms with Crippen LogP contribution in [0.25, 0.3) is 6.08 Å². The second-order valence-corrected chi connectivity index (χ2v) is 7.65. The lowest BCUT2D eigenvalue weighted by Crippen LogP contribution is -2.15. The van der Waals surface area contributed by atoms with Gasteiger partial charge < -0.3 is 10.1 Å². The minimum absolute atomic E-state index is 0.0354. The lowest BCUT2D eigenvalue weighted by molar-refractivity contribution is -0.112. The van der Waals surface area contributed by atoms with Gasteiger partial charge in [-0.05, 0) is 42.5 Å². The lowest BCUT2D eigenvalue weighted by atomic mass is 10.0. The monoisotopic (exact) mass is 382 g/mol. The molecule has 1 amide bonds. The van der Waals surface area contributed by atoms with Crippen LogP contribution in [0.2, 0.25) is 0 Å². The normalized spacial score (nSPS) is 11.2. The largest absolute Gasteiger partial charge is 0.465 e. The number of aryl methyl sites for hydroxylation is 1. The first-order chi connectivity index (χ1) is 12.8. The Kier molecular flexibility index (Phi) is 6.54. The van der Waals surface area contributed by atoms with Crippen molar-refractivity contribution in [2.75, 3.05) is 12.4 Å². The first kappa shape index (κ1) is 20.4. The smallest absolute Gasteiger partial charge is 0.341 e. The Bertz CT molecular complexity index is 932. The molecule has 6 heteroatoms. The summed E-state index contributed by atoms with van der Waals surface area (Å²) in [4.78, 5) is 25.5. The topological polar surface area (TPSA) is 79.2 Å². The summed E-state index contributed by atoms with van der Waals surface area (Å²) in [6.07, 6.45) is 1.53. The van der Waals surface area contributed by atoms with E-state index in [0.717, 1.165) is 16.0 Å². The molecule has 0 aliphatic heterocycles. The van der Waals surface area contributed by atoms with Gasteiger partial charge in [-0.2, -0.15) is 5.26 Å². The molecule has 1 heterocycles. The number of nitrogens with one attached hydrogen (secondary N) is 1. The molecule has 0 radical (unpaired) electrons. The van der Waals surface area contributed by atoms with Crippen molar-refractivity contribution in [2.45, 2.75) is 33.6 Å². The van der Waals surface area contributed by atoms with Crippen LogP contribution < -0.4 is 5.32 Å². The number of rotatable bonds is 5. The van der Waals surface area contributed by atoms with E-state index in [0.29, 0.717) is 16.5 Å². The molecule has 0 spiro atoms. The van der Waals surface area contributed by atoms with Crippen LogP contribution in [0.3, 0.4) is 0 Å². The molecule has 2 rings (SSSR count). The zero-order valence-electron chi connectivity index (χ0n) is 16.0. The molecule has 0 aliphatic rings. The molecule has 0 saturated heterocycles. The maximum absolute atomic E-state index is 12.6. The molecule has 0 saturated carbocycles. The predicted molar refractivity (Wildman–Crippen MR) is 108 cm³/mol. The van der Waals surface area contributed by atoms with Crippen molar-refractivity contribution in [2.24, 2.45) is 0 Å². The van der Waals surface area contributed by atoms with Crippen LogP contribution in [0.15, 0.2) is 29.8 Å². The van der Waals surface area contributed by atoms with E-state index in [-0.39, 0.29) is 5.57 Å². The van der Waals surface area contributed by atoms with Crippen LogP contribution in [0, 0.1) is 25.2 Å². The summed E-state index contributed by atoms with van der Waals surface area (Å²) < 4.78 is 4.80. The molecule has 0 atom stereocenters. The Morgan fingerprint density at radius 1 is 1.22 bits per heavy atom. The molecule has 0 aliphatic carbocycles. The first-order valence-corrected chi connectivity index (χ1v) is 9.31. The fourth-order valence-electron chi connectivity index (χ4n) is 2.53. The van der Waals surface area contributed by atoms with Gasteiger partial charge in [0.1, 0.15) is 16.6 Å². The number of hydrogen-bond donors (Lipinski definition) is 1. The van der Waals surface area contributed by atoms with Crippen LogP contribution >= 0.6 is 11.3 Å². The Balaban J connectivity index is 2.29. The van der Waals surface area contributed by atoms with Crippen molar-refractivity contribution in [3.63, 3.8) is 0 Å². The van der Waals surface area contributed by atoms with Gasteiger partial charge in [-0.3, -0.25) is 4.79 Å². The van der Waals surface area contributed by atoms with Crippen molar-refractivity contribution in [1.82, 2.24) is 0 Å². The number of carbonyl (C=O) groups is 2. The second kappa shape index (κ2) is 8.65. The third-order valence-corrected chi connectivity index (χ3v) is 5.40. The van der Waals surface area contributed by atoms with Gasteiger partial charge >= 0.3 is 5.97 Å². The standard InChI is InChI=1S/C21H22N2O3S/c1-12(2)16-8-6-15(7-9-16)10-17(11-22)19(24)23-20-18(21(25)26-5)13(3)14(4)27-20/h6-10,12H,1-5H3,(H,23,24)/b17-10+. The second-order valence-electron chi connectivity index (χ2n) is 6.42. The summed E-state index contributed by atoms with van der Waals surface area (Å²) in [5.74, 6) is -0.667. The zero-order chi connectivity index (χ0) is 20.1. The van der Waals surface area contributed by atoms with Gasteiger partial charge in [-0.15, -0.1) is 11.3 Å². The fraction of sp³-hybridized carbons (Fsp3) is 0.286. The Labute approximate surface area is 163 Å². The van der Waals surface area contributed by atoms with E-state index in [1.165, 1.54) is 30.1 Å². The summed E-state index contributed by atoms with van der Waals surface area (Å²) >= 11 is 1.28. The highest BCUT2D eigenvalue weighted by Crippen LogP contribution is 2.33. The molecule has 1 aromatic heterocycles. The quantitative estimate of drug-likeness (QED) is 0.457. The van der Waals surface area contributed by atoms with Crippen LogP contribution in [-0.2, 0) is 9.53 Å². The number of nitrogens with zero attached hydrogens (tertiary/aromatic N) is 1. The molecule has 0 fully saturated rings. The Morgan fingerprint density at radius 2 is 1.85 bits per heavy atom. The predicted octanol–water partition coefficient (Wildman–Crippen LogP) is 4.82. The summed E-state index contributed by atoms with van der Waals surface area (Å²) in [7, 11) is 1.29. The van der Waals surface area contributed by atoms with Gasteiger partial charge in [0.25, 0.3) is 5.91 Å². The molecule has 1 N–H and O–H groups in total. The van der Waals surface area contributed by atoms with Gasteiger partial charge in [0, 0.05) is 4.88 Å². The fourth-order valence-corrected chi connectivity index (χ4v) is 3.57. The van der Waals surface area contributed by atoms with E-state index in [9.17, 15) is 14.9 Å². The number of methoxy groups -OCH3 is 1. The van der Waals surface area contributed by atoms with Crippen LogP contribution in [0.4, 0.5) is 5.00 Å². The van der Waals surface area contributed by atoms with Gasteiger partial charge in [-0.1, -0.05) is 38.1 Å². The average molecular weight is 382 g/mol. The third-order valence-electron chi connectivity index (χ3n) is 4.28. The Hall–Kier alpha value is -2.91. The van der Waals surface area contributed by atoms with Crippen molar-refractivity contribution < 1.29 is 14.3 Å². The zero-order valence-corrected chi connectivity index (χ0v) is 16.9. The minimum Gasteiger partial charge on any atom is -0.465 e. The lowest BCUT2D eigenvalue weighted by Gasteiger charge is -2.07. The number of esters is 1. The highest BCUT2D eigenvalue weighted by atomic mass is 32.1. The average Bonchev–Trinajstić information content (AvgIpc) is 2.92. The highest BCUT2D eigenvalue weighted by Gasteiger charge is 2.22. The van der Waals surface area contributed by atoms with Crippen LogP contribution in [0.5, 0.6) is 0 Å². The van der Waals surface area contributed by atoms with Crippen molar-refractivity contribution >= 4 is 34.3 Å². The van der Waals surface area contributed by atoms with E-state index in [2.05, 4.69) is 19.2 Å². The summed E-state index contributed by atoms with van der Waals surface area (Å²) in [5, 5.41) is 12.5.